The predicted octanol–water partition coefficient (Wildman–Crippen LogP) is 0.0467. The fraction of sp³-hybridized carbons (Fsp3) is 0.500. The summed E-state index contributed by atoms with van der Waals surface area (Å²) in [7, 11) is 2.08. The zero-order chi connectivity index (χ0) is 8.55. The van der Waals surface area contributed by atoms with Crippen LogP contribution in [0.3, 0.4) is 0 Å². The molecule has 0 bridgehead atoms. The third kappa shape index (κ3) is 1.14. The van der Waals surface area contributed by atoms with Gasteiger partial charge in [-0.25, -0.2) is 9.97 Å². The molecule has 1 aliphatic heterocycles. The van der Waals surface area contributed by atoms with E-state index in [1.54, 1.807) is 0 Å². The smallest absolute Gasteiger partial charge is 0.130 e. The maximum atomic E-state index is 5.72. The van der Waals surface area contributed by atoms with Crippen LogP contribution in [0.25, 0.3) is 0 Å². The van der Waals surface area contributed by atoms with E-state index in [1.165, 1.54) is 6.33 Å². The molecule has 2 heterocycles. The average molecular weight is 164 g/mol. The van der Waals surface area contributed by atoms with Gasteiger partial charge in [0.2, 0.25) is 0 Å². The molecule has 0 saturated heterocycles. The molecule has 4 heteroatoms. The van der Waals surface area contributed by atoms with Crippen molar-refractivity contribution in [2.45, 2.75) is 13.0 Å². The van der Waals surface area contributed by atoms with Gasteiger partial charge in [-0.1, -0.05) is 0 Å². The SMILES string of the molecule is CN1CCc2c(N)ncnc2C1. The summed E-state index contributed by atoms with van der Waals surface area (Å²) in [4.78, 5) is 10.4. The van der Waals surface area contributed by atoms with E-state index in [4.69, 9.17) is 5.73 Å². The van der Waals surface area contributed by atoms with Crippen LogP contribution in [0.15, 0.2) is 6.33 Å². The summed E-state index contributed by atoms with van der Waals surface area (Å²) in [6, 6.07) is 0. The van der Waals surface area contributed by atoms with Crippen LogP contribution in [0.1, 0.15) is 11.3 Å². The lowest BCUT2D eigenvalue weighted by molar-refractivity contribution is 0.307. The highest BCUT2D eigenvalue weighted by Gasteiger charge is 2.16. The third-order valence-corrected chi connectivity index (χ3v) is 2.23. The number of likely N-dealkylation sites (N-methyl/N-ethyl adjacent to an activating group) is 1. The highest BCUT2D eigenvalue weighted by Crippen LogP contribution is 2.18. The van der Waals surface area contributed by atoms with Crippen LogP contribution in [-0.4, -0.2) is 28.5 Å². The van der Waals surface area contributed by atoms with E-state index in [9.17, 15) is 0 Å². The van der Waals surface area contributed by atoms with Crippen molar-refractivity contribution in [2.24, 2.45) is 0 Å². The maximum absolute atomic E-state index is 5.72. The summed E-state index contributed by atoms with van der Waals surface area (Å²) in [6.45, 7) is 1.94. The second kappa shape index (κ2) is 2.71. The standard InChI is InChI=1S/C8H12N4/c1-12-3-2-6-7(4-12)10-5-11-8(6)9/h5H,2-4H2,1H3,(H2,9,10,11). The number of nitrogens with two attached hydrogens (primary N) is 1. The lowest BCUT2D eigenvalue weighted by Gasteiger charge is -2.23. The summed E-state index contributed by atoms with van der Waals surface area (Å²) >= 11 is 0. The Morgan fingerprint density at radius 3 is 3.17 bits per heavy atom. The van der Waals surface area contributed by atoms with Gasteiger partial charge in [0.25, 0.3) is 0 Å². The van der Waals surface area contributed by atoms with E-state index in [1.807, 2.05) is 0 Å². The van der Waals surface area contributed by atoms with Crippen molar-refractivity contribution in [1.29, 1.82) is 0 Å². The summed E-state index contributed by atoms with van der Waals surface area (Å²) < 4.78 is 0. The first-order valence-electron chi connectivity index (χ1n) is 4.04. The highest BCUT2D eigenvalue weighted by molar-refractivity contribution is 5.42. The highest BCUT2D eigenvalue weighted by atomic mass is 15.1. The van der Waals surface area contributed by atoms with Crippen LogP contribution in [0, 0.1) is 0 Å². The van der Waals surface area contributed by atoms with Gasteiger partial charge in [0.15, 0.2) is 0 Å². The molecule has 2 N–H and O–H groups in total. The van der Waals surface area contributed by atoms with E-state index < -0.39 is 0 Å². The minimum Gasteiger partial charge on any atom is -0.383 e. The molecule has 0 atom stereocenters. The van der Waals surface area contributed by atoms with E-state index in [0.717, 1.165) is 30.8 Å². The van der Waals surface area contributed by atoms with Crippen LogP contribution in [-0.2, 0) is 13.0 Å². The van der Waals surface area contributed by atoms with Crippen molar-refractivity contribution in [3.8, 4) is 0 Å². The molecule has 1 aliphatic rings. The molecule has 0 saturated carbocycles. The Morgan fingerprint density at radius 1 is 1.50 bits per heavy atom. The van der Waals surface area contributed by atoms with E-state index in [2.05, 4.69) is 21.9 Å². The van der Waals surface area contributed by atoms with E-state index in [-0.39, 0.29) is 0 Å². The number of nitrogens with zero attached hydrogens (tertiary/aromatic N) is 3. The fourth-order valence-corrected chi connectivity index (χ4v) is 1.51. The van der Waals surface area contributed by atoms with Crippen LogP contribution in [0.4, 0.5) is 5.82 Å². The van der Waals surface area contributed by atoms with Gasteiger partial charge in [-0.3, -0.25) is 0 Å². The normalized spacial score (nSPS) is 17.4. The average Bonchev–Trinajstić information content (AvgIpc) is 2.04. The number of fused-ring (bicyclic) bond motifs is 1. The molecular weight excluding hydrogens is 152 g/mol. The molecule has 0 aromatic carbocycles. The molecule has 0 unspecified atom stereocenters. The molecule has 0 fully saturated rings. The molecule has 64 valence electrons. The quantitative estimate of drug-likeness (QED) is 0.588. The summed E-state index contributed by atoms with van der Waals surface area (Å²) in [6.07, 6.45) is 2.51. The molecule has 1 aromatic heterocycles. The van der Waals surface area contributed by atoms with Crippen molar-refractivity contribution in [3.63, 3.8) is 0 Å². The topological polar surface area (TPSA) is 55.0 Å². The van der Waals surface area contributed by atoms with Crippen LogP contribution in [0.5, 0.6) is 0 Å². The minimum atomic E-state index is 0.646. The molecule has 12 heavy (non-hydrogen) atoms. The second-order valence-electron chi connectivity index (χ2n) is 3.17. The van der Waals surface area contributed by atoms with Gasteiger partial charge >= 0.3 is 0 Å². The largest absolute Gasteiger partial charge is 0.383 e. The maximum Gasteiger partial charge on any atom is 0.130 e. The first-order chi connectivity index (χ1) is 5.77. The Morgan fingerprint density at radius 2 is 2.33 bits per heavy atom. The molecule has 0 radical (unpaired) electrons. The fourth-order valence-electron chi connectivity index (χ4n) is 1.51. The van der Waals surface area contributed by atoms with Crippen molar-refractivity contribution in [2.75, 3.05) is 19.3 Å². The monoisotopic (exact) mass is 164 g/mol. The van der Waals surface area contributed by atoms with Crippen molar-refractivity contribution in [3.05, 3.63) is 17.6 Å². The summed E-state index contributed by atoms with van der Waals surface area (Å²) in [5.74, 6) is 0.646. The van der Waals surface area contributed by atoms with Crippen molar-refractivity contribution >= 4 is 5.82 Å². The zero-order valence-corrected chi connectivity index (χ0v) is 7.12. The first kappa shape index (κ1) is 7.49. The Bertz CT molecular complexity index is 297. The minimum absolute atomic E-state index is 0.646. The van der Waals surface area contributed by atoms with Crippen molar-refractivity contribution < 1.29 is 0 Å². The number of nitrogen functional groups attached to an aromatic ring is 1. The number of rotatable bonds is 0. The van der Waals surface area contributed by atoms with Crippen molar-refractivity contribution in [1.82, 2.24) is 14.9 Å². The van der Waals surface area contributed by atoms with Gasteiger partial charge in [-0.05, 0) is 13.5 Å². The molecule has 1 aromatic rings. The Balaban J connectivity index is 2.42. The Labute approximate surface area is 71.4 Å². The second-order valence-corrected chi connectivity index (χ2v) is 3.17. The summed E-state index contributed by atoms with van der Waals surface area (Å²) in [5, 5.41) is 0. The van der Waals surface area contributed by atoms with Gasteiger partial charge in [0.05, 0.1) is 5.69 Å². The molecular formula is C8H12N4. The number of hydrogen-bond donors (Lipinski definition) is 1. The third-order valence-electron chi connectivity index (χ3n) is 2.23. The number of anilines is 1. The van der Waals surface area contributed by atoms with Gasteiger partial charge in [-0.2, -0.15) is 0 Å². The van der Waals surface area contributed by atoms with E-state index >= 15 is 0 Å². The van der Waals surface area contributed by atoms with Gasteiger partial charge in [0.1, 0.15) is 12.1 Å². The predicted molar refractivity (Wildman–Crippen MR) is 46.5 cm³/mol. The van der Waals surface area contributed by atoms with Gasteiger partial charge < -0.3 is 10.6 Å². The Hall–Kier alpha value is -1.16. The lowest BCUT2D eigenvalue weighted by atomic mass is 10.1. The molecule has 2 rings (SSSR count). The molecule has 4 nitrogen and oxygen atoms in total. The molecule has 0 amide bonds. The molecule has 0 spiro atoms. The summed E-state index contributed by atoms with van der Waals surface area (Å²) in [5.41, 5.74) is 7.93. The zero-order valence-electron chi connectivity index (χ0n) is 7.12. The molecule has 0 aliphatic carbocycles. The van der Waals surface area contributed by atoms with E-state index in [0.29, 0.717) is 5.82 Å². The van der Waals surface area contributed by atoms with Crippen LogP contribution in [0.2, 0.25) is 0 Å². The van der Waals surface area contributed by atoms with Crippen LogP contribution < -0.4 is 5.73 Å². The number of aromatic nitrogens is 2. The number of hydrogen-bond acceptors (Lipinski definition) is 4. The van der Waals surface area contributed by atoms with Crippen LogP contribution >= 0.6 is 0 Å². The lowest BCUT2D eigenvalue weighted by Crippen LogP contribution is -2.28. The van der Waals surface area contributed by atoms with Gasteiger partial charge in [-0.15, -0.1) is 0 Å². The first-order valence-corrected chi connectivity index (χ1v) is 4.04. The van der Waals surface area contributed by atoms with Gasteiger partial charge in [0, 0.05) is 18.7 Å². The Kier molecular flexibility index (Phi) is 1.69.